The molecule has 2 aromatic carbocycles. The average molecular weight is 541 g/mol. The summed E-state index contributed by atoms with van der Waals surface area (Å²) in [6, 6.07) is 17.1. The smallest absolute Gasteiger partial charge is 0.274 e. The van der Waals surface area contributed by atoms with Crippen molar-refractivity contribution in [1.82, 2.24) is 20.0 Å². The molecule has 210 valence electrons. The Bertz CT molecular complexity index is 1410. The highest BCUT2D eigenvalue weighted by Crippen LogP contribution is 2.42. The number of anilines is 2. The summed E-state index contributed by atoms with van der Waals surface area (Å²) in [6.07, 6.45) is 4.60. The van der Waals surface area contributed by atoms with Gasteiger partial charge in [-0.2, -0.15) is 5.10 Å². The van der Waals surface area contributed by atoms with Gasteiger partial charge in [-0.05, 0) is 70.9 Å². The minimum Gasteiger partial charge on any atom is -0.355 e. The van der Waals surface area contributed by atoms with Gasteiger partial charge in [0.2, 0.25) is 5.91 Å². The van der Waals surface area contributed by atoms with E-state index in [4.69, 9.17) is 5.10 Å². The van der Waals surface area contributed by atoms with Crippen molar-refractivity contribution >= 4 is 23.2 Å². The van der Waals surface area contributed by atoms with Gasteiger partial charge in [-0.25, -0.2) is 4.68 Å². The first-order valence-electron chi connectivity index (χ1n) is 14.6. The van der Waals surface area contributed by atoms with Gasteiger partial charge in [-0.15, -0.1) is 0 Å². The van der Waals surface area contributed by atoms with Crippen LogP contribution in [0.1, 0.15) is 62.5 Å². The maximum atomic E-state index is 13.7. The van der Waals surface area contributed by atoms with Crippen LogP contribution in [0, 0.1) is 6.92 Å². The number of carbonyl (C=O) groups excluding carboxylic acids is 2. The highest BCUT2D eigenvalue weighted by atomic mass is 16.2. The molecule has 0 radical (unpaired) electrons. The fourth-order valence-corrected chi connectivity index (χ4v) is 6.82. The number of nitrogens with zero attached hydrogens (tertiary/aromatic N) is 5. The molecule has 2 amide bonds. The first-order chi connectivity index (χ1) is 19.2. The number of carbonyl (C=O) groups is 2. The molecule has 2 aliphatic heterocycles. The van der Waals surface area contributed by atoms with Crippen molar-refractivity contribution in [3.05, 3.63) is 59.8 Å². The third kappa shape index (κ3) is 4.68. The van der Waals surface area contributed by atoms with Crippen LogP contribution < -0.4 is 15.1 Å². The minimum atomic E-state index is -0.216. The topological polar surface area (TPSA) is 73.7 Å². The lowest BCUT2D eigenvalue weighted by molar-refractivity contribution is -0.119. The summed E-state index contributed by atoms with van der Waals surface area (Å²) in [5.41, 5.74) is 6.38. The molecule has 2 fully saturated rings. The van der Waals surface area contributed by atoms with E-state index in [1.807, 2.05) is 47.8 Å². The normalized spacial score (nSPS) is 23.6. The Morgan fingerprint density at radius 1 is 0.925 bits per heavy atom. The highest BCUT2D eigenvalue weighted by molar-refractivity contribution is 6.05. The molecule has 0 spiro atoms. The largest absolute Gasteiger partial charge is 0.355 e. The Morgan fingerprint density at radius 2 is 1.60 bits per heavy atom. The molecule has 0 unspecified atom stereocenters. The molecule has 40 heavy (non-hydrogen) atoms. The van der Waals surface area contributed by atoms with Crippen molar-refractivity contribution in [2.75, 3.05) is 29.9 Å². The van der Waals surface area contributed by atoms with E-state index in [1.165, 1.54) is 18.4 Å². The second-order valence-corrected chi connectivity index (χ2v) is 12.0. The van der Waals surface area contributed by atoms with Crippen LogP contribution in [0.3, 0.4) is 0 Å². The minimum absolute atomic E-state index is 0.0446. The molecule has 6 rings (SSSR count). The monoisotopic (exact) mass is 540 g/mol. The third-order valence-corrected chi connectivity index (χ3v) is 8.79. The number of piperazine rings is 1. The summed E-state index contributed by atoms with van der Waals surface area (Å²) in [5, 5.41) is 8.39. The molecular weight excluding hydrogens is 500 g/mol. The van der Waals surface area contributed by atoms with Crippen LogP contribution in [-0.2, 0) is 4.79 Å². The number of amides is 2. The van der Waals surface area contributed by atoms with Gasteiger partial charge >= 0.3 is 0 Å². The van der Waals surface area contributed by atoms with Crippen molar-refractivity contribution in [3.8, 4) is 16.9 Å². The van der Waals surface area contributed by atoms with E-state index in [9.17, 15) is 9.59 Å². The first-order valence-corrected chi connectivity index (χ1v) is 14.6. The lowest BCUT2D eigenvalue weighted by Gasteiger charge is -2.43. The second-order valence-electron chi connectivity index (χ2n) is 12.0. The molecule has 3 aliphatic rings. The standard InChI is InChI=1S/C32H40N6O2/c1-20-10-13-26(14-11-20)38-29(17-27(34-38)32(40)36-18-21(2)33-22(3)19-36)24-12-15-28-30(16-24)37(25-8-6-7-9-25)23(4)31(39)35(28)5/h10-17,21-23,25,33H,6-9,18-19H2,1-5H3/t21-,22+,23-/m1/s1. The van der Waals surface area contributed by atoms with Crippen LogP contribution in [0.25, 0.3) is 16.9 Å². The fraction of sp³-hybridized carbons (Fsp3) is 0.469. The van der Waals surface area contributed by atoms with E-state index in [1.54, 1.807) is 4.90 Å². The summed E-state index contributed by atoms with van der Waals surface area (Å²) in [5.74, 6) is 0.0843. The summed E-state index contributed by atoms with van der Waals surface area (Å²) < 4.78 is 1.89. The second kappa shape index (κ2) is 10.4. The predicted molar refractivity (Wildman–Crippen MR) is 159 cm³/mol. The fourth-order valence-electron chi connectivity index (χ4n) is 6.82. The molecule has 8 heteroatoms. The summed E-state index contributed by atoms with van der Waals surface area (Å²) in [4.78, 5) is 32.9. The number of rotatable bonds is 4. The Hall–Kier alpha value is -3.65. The molecule has 1 saturated heterocycles. The third-order valence-electron chi connectivity index (χ3n) is 8.79. The number of hydrogen-bond acceptors (Lipinski definition) is 5. The molecule has 3 heterocycles. The number of aryl methyl sites for hydroxylation is 1. The van der Waals surface area contributed by atoms with Crippen LogP contribution in [0.2, 0.25) is 0 Å². The van der Waals surface area contributed by atoms with Crippen molar-refractivity contribution in [1.29, 1.82) is 0 Å². The average Bonchev–Trinajstić information content (AvgIpc) is 3.62. The van der Waals surface area contributed by atoms with Gasteiger partial charge in [-0.3, -0.25) is 9.59 Å². The van der Waals surface area contributed by atoms with E-state index in [0.717, 1.165) is 41.2 Å². The SMILES string of the molecule is Cc1ccc(-n2nc(C(=O)N3C[C@@H](C)N[C@@H](C)C3)cc2-c2ccc3c(c2)N(C2CCCC2)[C@H](C)C(=O)N3C)cc1. The van der Waals surface area contributed by atoms with E-state index in [-0.39, 0.29) is 29.9 Å². The van der Waals surface area contributed by atoms with Gasteiger partial charge < -0.3 is 20.0 Å². The van der Waals surface area contributed by atoms with Crippen LogP contribution >= 0.6 is 0 Å². The van der Waals surface area contributed by atoms with Crippen molar-refractivity contribution < 1.29 is 9.59 Å². The highest BCUT2D eigenvalue weighted by Gasteiger charge is 2.38. The molecule has 1 aliphatic carbocycles. The lowest BCUT2D eigenvalue weighted by Crippen LogP contribution is -2.55. The number of benzene rings is 2. The number of aromatic nitrogens is 2. The maximum absolute atomic E-state index is 13.7. The molecule has 0 bridgehead atoms. The Morgan fingerprint density at radius 3 is 2.27 bits per heavy atom. The van der Waals surface area contributed by atoms with Crippen LogP contribution in [0.5, 0.6) is 0 Å². The van der Waals surface area contributed by atoms with Crippen molar-refractivity contribution in [3.63, 3.8) is 0 Å². The number of fused-ring (bicyclic) bond motifs is 1. The zero-order valence-corrected chi connectivity index (χ0v) is 24.2. The van der Waals surface area contributed by atoms with Crippen LogP contribution in [0.15, 0.2) is 48.5 Å². The summed E-state index contributed by atoms with van der Waals surface area (Å²) >= 11 is 0. The van der Waals surface area contributed by atoms with Gasteiger partial charge in [0.25, 0.3) is 5.91 Å². The summed E-state index contributed by atoms with van der Waals surface area (Å²) in [7, 11) is 1.87. The van der Waals surface area contributed by atoms with E-state index < -0.39 is 0 Å². The molecule has 1 aromatic heterocycles. The molecule has 3 aromatic rings. The Balaban J connectivity index is 1.46. The van der Waals surface area contributed by atoms with Crippen molar-refractivity contribution in [2.45, 2.75) is 77.5 Å². The molecule has 8 nitrogen and oxygen atoms in total. The quantitative estimate of drug-likeness (QED) is 0.516. The summed E-state index contributed by atoms with van der Waals surface area (Å²) in [6.45, 7) is 9.62. The van der Waals surface area contributed by atoms with Gasteiger partial charge in [0.15, 0.2) is 5.69 Å². The van der Waals surface area contributed by atoms with Crippen molar-refractivity contribution in [2.24, 2.45) is 0 Å². The van der Waals surface area contributed by atoms with Crippen LogP contribution in [0.4, 0.5) is 11.4 Å². The zero-order chi connectivity index (χ0) is 28.1. The number of likely N-dealkylation sites (N-methyl/N-ethyl adjacent to an activating group) is 1. The molecular formula is C32H40N6O2. The lowest BCUT2D eigenvalue weighted by atomic mass is 10.00. The van der Waals surface area contributed by atoms with Gasteiger partial charge in [0, 0.05) is 43.8 Å². The Kier molecular flexibility index (Phi) is 6.90. The molecule has 1 saturated carbocycles. The predicted octanol–water partition coefficient (Wildman–Crippen LogP) is 4.78. The van der Waals surface area contributed by atoms with E-state index in [0.29, 0.717) is 24.8 Å². The van der Waals surface area contributed by atoms with Crippen LogP contribution in [-0.4, -0.2) is 70.8 Å². The van der Waals surface area contributed by atoms with E-state index >= 15 is 0 Å². The first kappa shape index (κ1) is 26.6. The van der Waals surface area contributed by atoms with Gasteiger partial charge in [0.1, 0.15) is 6.04 Å². The van der Waals surface area contributed by atoms with Gasteiger partial charge in [0.05, 0.1) is 22.8 Å². The zero-order valence-electron chi connectivity index (χ0n) is 24.2. The maximum Gasteiger partial charge on any atom is 0.274 e. The number of nitrogens with one attached hydrogen (secondary N) is 1. The van der Waals surface area contributed by atoms with E-state index in [2.05, 4.69) is 55.3 Å². The van der Waals surface area contributed by atoms with Gasteiger partial charge in [-0.1, -0.05) is 36.6 Å². The molecule has 3 atom stereocenters. The Labute approximate surface area is 236 Å². The molecule has 1 N–H and O–H groups in total. The number of hydrogen-bond donors (Lipinski definition) is 1.